The number of aryl methyl sites for hydroxylation is 1. The third-order valence-corrected chi connectivity index (χ3v) is 4.58. The second kappa shape index (κ2) is 6.56. The fourth-order valence-electron chi connectivity index (χ4n) is 3.38. The average Bonchev–Trinajstić information content (AvgIpc) is 2.86. The second-order valence-electron chi connectivity index (χ2n) is 6.29. The van der Waals surface area contributed by atoms with E-state index in [4.69, 9.17) is 9.47 Å². The minimum Gasteiger partial charge on any atom is -0.490 e. The summed E-state index contributed by atoms with van der Waals surface area (Å²) in [6, 6.07) is 14.0. The van der Waals surface area contributed by atoms with Crippen molar-refractivity contribution in [3.05, 3.63) is 53.6 Å². The van der Waals surface area contributed by atoms with Crippen molar-refractivity contribution in [1.82, 2.24) is 0 Å². The first kappa shape index (κ1) is 15.1. The van der Waals surface area contributed by atoms with Crippen LogP contribution in [0.25, 0.3) is 0 Å². The van der Waals surface area contributed by atoms with Gasteiger partial charge in [0.25, 0.3) is 0 Å². The van der Waals surface area contributed by atoms with E-state index in [-0.39, 0.29) is 5.91 Å². The van der Waals surface area contributed by atoms with Gasteiger partial charge < -0.3 is 14.4 Å². The Bertz CT molecular complexity index is 756. The lowest BCUT2D eigenvalue weighted by molar-refractivity contribution is -0.118. The summed E-state index contributed by atoms with van der Waals surface area (Å²) >= 11 is 0. The topological polar surface area (TPSA) is 38.8 Å². The molecule has 0 aromatic heterocycles. The van der Waals surface area contributed by atoms with E-state index in [1.807, 2.05) is 41.3 Å². The highest BCUT2D eigenvalue weighted by Gasteiger charge is 2.22. The molecule has 4 nitrogen and oxygen atoms in total. The number of ether oxygens (including phenoxy) is 2. The van der Waals surface area contributed by atoms with Crippen LogP contribution >= 0.6 is 0 Å². The minimum atomic E-state index is 0.136. The molecule has 1 amide bonds. The Hall–Kier alpha value is -2.49. The molecule has 2 aromatic rings. The molecule has 2 aliphatic heterocycles. The van der Waals surface area contributed by atoms with Crippen molar-refractivity contribution in [3.63, 3.8) is 0 Å². The molecule has 0 saturated heterocycles. The number of hydrogen-bond donors (Lipinski definition) is 0. The molecule has 2 aromatic carbocycles. The van der Waals surface area contributed by atoms with Crippen LogP contribution in [0.3, 0.4) is 0 Å². The first-order valence-corrected chi connectivity index (χ1v) is 8.58. The fourth-order valence-corrected chi connectivity index (χ4v) is 3.38. The number of fused-ring (bicyclic) bond motifs is 2. The molecule has 0 bridgehead atoms. The monoisotopic (exact) mass is 323 g/mol. The Morgan fingerprint density at radius 1 is 1.00 bits per heavy atom. The average molecular weight is 323 g/mol. The number of para-hydroxylation sites is 1. The lowest BCUT2D eigenvalue weighted by Crippen LogP contribution is -2.36. The molecule has 0 unspecified atom stereocenters. The third kappa shape index (κ3) is 2.96. The van der Waals surface area contributed by atoms with E-state index in [1.165, 1.54) is 5.56 Å². The normalized spacial score (nSPS) is 16.2. The molecule has 0 atom stereocenters. The Morgan fingerprint density at radius 3 is 2.75 bits per heavy atom. The molecule has 0 aliphatic carbocycles. The van der Waals surface area contributed by atoms with E-state index in [0.29, 0.717) is 19.6 Å². The number of anilines is 1. The smallest absolute Gasteiger partial charge is 0.231 e. The van der Waals surface area contributed by atoms with Gasteiger partial charge in [0.1, 0.15) is 0 Å². The van der Waals surface area contributed by atoms with E-state index in [0.717, 1.165) is 48.6 Å². The van der Waals surface area contributed by atoms with E-state index >= 15 is 0 Å². The van der Waals surface area contributed by atoms with Gasteiger partial charge in [0, 0.05) is 18.7 Å². The number of carbonyl (C=O) groups is 1. The van der Waals surface area contributed by atoms with Crippen LogP contribution in [0, 0.1) is 0 Å². The molecule has 24 heavy (non-hydrogen) atoms. The molecule has 4 rings (SSSR count). The van der Waals surface area contributed by atoms with E-state index < -0.39 is 0 Å². The summed E-state index contributed by atoms with van der Waals surface area (Å²) in [7, 11) is 0. The lowest BCUT2D eigenvalue weighted by atomic mass is 10.0. The molecule has 0 radical (unpaired) electrons. The first-order valence-electron chi connectivity index (χ1n) is 8.58. The van der Waals surface area contributed by atoms with Crippen molar-refractivity contribution >= 4 is 11.6 Å². The van der Waals surface area contributed by atoms with Crippen molar-refractivity contribution < 1.29 is 14.3 Å². The number of nitrogens with zero attached hydrogens (tertiary/aromatic N) is 1. The first-order chi connectivity index (χ1) is 11.8. The molecular weight excluding hydrogens is 302 g/mol. The van der Waals surface area contributed by atoms with Gasteiger partial charge in [0.05, 0.1) is 19.6 Å². The molecule has 124 valence electrons. The van der Waals surface area contributed by atoms with Crippen molar-refractivity contribution in [2.75, 3.05) is 24.7 Å². The van der Waals surface area contributed by atoms with Gasteiger partial charge >= 0.3 is 0 Å². The molecule has 4 heteroatoms. The van der Waals surface area contributed by atoms with Gasteiger partial charge in [-0.1, -0.05) is 24.3 Å². The molecule has 0 spiro atoms. The Morgan fingerprint density at radius 2 is 1.83 bits per heavy atom. The lowest BCUT2D eigenvalue weighted by Gasteiger charge is -2.29. The predicted octanol–water partition coefficient (Wildman–Crippen LogP) is 3.37. The largest absolute Gasteiger partial charge is 0.490 e. The van der Waals surface area contributed by atoms with Gasteiger partial charge in [0.2, 0.25) is 5.91 Å². The second-order valence-corrected chi connectivity index (χ2v) is 6.29. The van der Waals surface area contributed by atoms with E-state index in [1.54, 1.807) is 0 Å². The predicted molar refractivity (Wildman–Crippen MR) is 92.9 cm³/mol. The maximum atomic E-state index is 12.8. The van der Waals surface area contributed by atoms with Gasteiger partial charge in [-0.3, -0.25) is 4.79 Å². The Kier molecular flexibility index (Phi) is 4.11. The highest BCUT2D eigenvalue weighted by molar-refractivity contribution is 5.96. The fraction of sp³-hybridized carbons (Fsp3) is 0.350. The zero-order valence-electron chi connectivity index (χ0n) is 13.7. The van der Waals surface area contributed by atoms with Crippen LogP contribution in [0.4, 0.5) is 5.69 Å². The van der Waals surface area contributed by atoms with Crippen molar-refractivity contribution in [2.24, 2.45) is 0 Å². The number of carbonyl (C=O) groups excluding carboxylic acids is 1. The highest BCUT2D eigenvalue weighted by Crippen LogP contribution is 2.31. The van der Waals surface area contributed by atoms with Gasteiger partial charge in [0.15, 0.2) is 11.5 Å². The SMILES string of the molecule is O=C(Cc1ccc2c(c1)OCCCO2)N1CCCc2ccccc21. The van der Waals surface area contributed by atoms with Gasteiger partial charge in [-0.25, -0.2) is 0 Å². The van der Waals surface area contributed by atoms with Crippen LogP contribution in [0.5, 0.6) is 11.5 Å². The molecule has 2 aliphatic rings. The van der Waals surface area contributed by atoms with Gasteiger partial charge in [-0.2, -0.15) is 0 Å². The number of hydrogen-bond acceptors (Lipinski definition) is 3. The summed E-state index contributed by atoms with van der Waals surface area (Å²) in [5, 5.41) is 0. The minimum absolute atomic E-state index is 0.136. The van der Waals surface area contributed by atoms with Crippen molar-refractivity contribution in [3.8, 4) is 11.5 Å². The van der Waals surface area contributed by atoms with Gasteiger partial charge in [-0.15, -0.1) is 0 Å². The maximum absolute atomic E-state index is 12.8. The number of amides is 1. The number of rotatable bonds is 2. The van der Waals surface area contributed by atoms with Crippen LogP contribution < -0.4 is 14.4 Å². The number of benzene rings is 2. The van der Waals surface area contributed by atoms with Gasteiger partial charge in [-0.05, 0) is 42.2 Å². The Balaban J connectivity index is 1.54. The van der Waals surface area contributed by atoms with Crippen molar-refractivity contribution in [1.29, 1.82) is 0 Å². The summed E-state index contributed by atoms with van der Waals surface area (Å²) in [5.41, 5.74) is 3.28. The van der Waals surface area contributed by atoms with Crippen LogP contribution in [0.1, 0.15) is 24.0 Å². The third-order valence-electron chi connectivity index (χ3n) is 4.58. The Labute approximate surface area is 142 Å². The molecular formula is C20H21NO3. The summed E-state index contributed by atoms with van der Waals surface area (Å²) in [5.74, 6) is 1.65. The summed E-state index contributed by atoms with van der Waals surface area (Å²) in [4.78, 5) is 14.7. The van der Waals surface area contributed by atoms with Crippen LogP contribution in [-0.4, -0.2) is 25.7 Å². The summed E-state index contributed by atoms with van der Waals surface area (Å²) in [6.07, 6.45) is 3.33. The van der Waals surface area contributed by atoms with Crippen LogP contribution in [-0.2, 0) is 17.6 Å². The van der Waals surface area contributed by atoms with Crippen LogP contribution in [0.2, 0.25) is 0 Å². The standard InChI is InChI=1S/C20H21NO3/c22-20(21-10-3-6-16-5-1-2-7-17(16)21)14-15-8-9-18-19(13-15)24-12-4-11-23-18/h1-2,5,7-9,13H,3-4,6,10-12,14H2. The van der Waals surface area contributed by atoms with Crippen LogP contribution in [0.15, 0.2) is 42.5 Å². The van der Waals surface area contributed by atoms with E-state index in [9.17, 15) is 4.79 Å². The molecule has 0 fully saturated rings. The van der Waals surface area contributed by atoms with E-state index in [2.05, 4.69) is 6.07 Å². The maximum Gasteiger partial charge on any atom is 0.231 e. The molecule has 0 saturated carbocycles. The van der Waals surface area contributed by atoms with Crippen molar-refractivity contribution in [2.45, 2.75) is 25.7 Å². The zero-order valence-corrected chi connectivity index (χ0v) is 13.7. The molecule has 0 N–H and O–H groups in total. The summed E-state index contributed by atoms with van der Waals surface area (Å²) in [6.45, 7) is 2.13. The summed E-state index contributed by atoms with van der Waals surface area (Å²) < 4.78 is 11.4. The zero-order chi connectivity index (χ0) is 16.4. The highest BCUT2D eigenvalue weighted by atomic mass is 16.5. The quantitative estimate of drug-likeness (QED) is 0.850. The molecule has 2 heterocycles.